The highest BCUT2D eigenvalue weighted by Crippen LogP contribution is 2.25. The lowest BCUT2D eigenvalue weighted by atomic mass is 9.98. The van der Waals surface area contributed by atoms with Crippen molar-refractivity contribution in [2.75, 3.05) is 18.0 Å². The predicted molar refractivity (Wildman–Crippen MR) is 76.8 cm³/mol. The second-order valence-corrected chi connectivity index (χ2v) is 5.54. The van der Waals surface area contributed by atoms with E-state index in [0.717, 1.165) is 38.0 Å². The molecule has 98 valence electrons. The van der Waals surface area contributed by atoms with E-state index < -0.39 is 5.60 Å². The summed E-state index contributed by atoms with van der Waals surface area (Å²) >= 11 is 4.94. The van der Waals surface area contributed by atoms with Gasteiger partial charge in [0.15, 0.2) is 0 Å². The number of aliphatic hydroxyl groups is 1. The summed E-state index contributed by atoms with van der Waals surface area (Å²) in [6.07, 6.45) is 4.33. The van der Waals surface area contributed by atoms with Gasteiger partial charge in [-0.15, -0.1) is 0 Å². The fraction of sp³-hybridized carbons (Fsp3) is 0.538. The van der Waals surface area contributed by atoms with E-state index >= 15 is 0 Å². The summed E-state index contributed by atoms with van der Waals surface area (Å²) in [6, 6.07) is 3.88. The molecule has 4 nitrogen and oxygen atoms in total. The predicted octanol–water partition coefficient (Wildman–Crippen LogP) is 1.46. The molecule has 2 heterocycles. The minimum absolute atomic E-state index is 0.318. The molecule has 0 amide bonds. The smallest absolute Gasteiger partial charge is 0.122 e. The van der Waals surface area contributed by atoms with Crippen LogP contribution in [-0.2, 0) is 0 Å². The molecule has 0 saturated carbocycles. The average molecular weight is 265 g/mol. The zero-order valence-electron chi connectivity index (χ0n) is 10.6. The Morgan fingerprint density at radius 1 is 1.50 bits per heavy atom. The minimum atomic E-state index is -0.548. The van der Waals surface area contributed by atoms with Crippen LogP contribution in [0.5, 0.6) is 0 Å². The number of aromatic nitrogens is 1. The molecular formula is C13H19N3OS. The lowest BCUT2D eigenvalue weighted by Gasteiger charge is -2.24. The largest absolute Gasteiger partial charge is 0.390 e. The van der Waals surface area contributed by atoms with E-state index in [9.17, 15) is 5.11 Å². The van der Waals surface area contributed by atoms with E-state index in [1.54, 1.807) is 6.20 Å². The molecule has 3 N–H and O–H groups in total. The molecule has 1 atom stereocenters. The van der Waals surface area contributed by atoms with Gasteiger partial charge in [-0.2, -0.15) is 0 Å². The van der Waals surface area contributed by atoms with E-state index in [4.69, 9.17) is 18.0 Å². The molecule has 1 fully saturated rings. The Bertz CT molecular complexity index is 448. The van der Waals surface area contributed by atoms with E-state index in [-0.39, 0.29) is 0 Å². The fourth-order valence-electron chi connectivity index (χ4n) is 2.27. The Morgan fingerprint density at radius 2 is 2.28 bits per heavy atom. The first kappa shape index (κ1) is 13.2. The third kappa shape index (κ3) is 3.17. The van der Waals surface area contributed by atoms with Gasteiger partial charge in [0.1, 0.15) is 4.99 Å². The second-order valence-electron chi connectivity index (χ2n) is 5.10. The maximum Gasteiger partial charge on any atom is 0.122 e. The Labute approximate surface area is 113 Å². The highest BCUT2D eigenvalue weighted by Gasteiger charge is 2.25. The van der Waals surface area contributed by atoms with Crippen molar-refractivity contribution in [3.8, 4) is 0 Å². The normalized spacial score (nSPS) is 24.7. The van der Waals surface area contributed by atoms with Crippen LogP contribution in [0.1, 0.15) is 31.9 Å². The topological polar surface area (TPSA) is 62.4 Å². The van der Waals surface area contributed by atoms with Gasteiger partial charge in [-0.3, -0.25) is 4.98 Å². The summed E-state index contributed by atoms with van der Waals surface area (Å²) in [5, 5.41) is 10.1. The van der Waals surface area contributed by atoms with Crippen molar-refractivity contribution in [3.63, 3.8) is 0 Å². The summed E-state index contributed by atoms with van der Waals surface area (Å²) in [4.78, 5) is 6.72. The molecule has 2 rings (SSSR count). The standard InChI is InChI=1S/C13H19N3OS/c1-13(17)4-2-7-16(8-5-13)10-3-6-15-11(9-10)12(14)18/h3,6,9,17H,2,4-5,7-8H2,1H3,(H2,14,18). The zero-order chi connectivity index (χ0) is 13.2. The van der Waals surface area contributed by atoms with Crippen LogP contribution in [0.3, 0.4) is 0 Å². The highest BCUT2D eigenvalue weighted by molar-refractivity contribution is 7.80. The van der Waals surface area contributed by atoms with Gasteiger partial charge in [-0.1, -0.05) is 12.2 Å². The Kier molecular flexibility index (Phi) is 3.82. The quantitative estimate of drug-likeness (QED) is 0.793. The molecular weight excluding hydrogens is 246 g/mol. The maximum atomic E-state index is 10.1. The zero-order valence-corrected chi connectivity index (χ0v) is 11.4. The molecule has 5 heteroatoms. The first-order valence-corrected chi connectivity index (χ1v) is 6.62. The van der Waals surface area contributed by atoms with Crippen LogP contribution in [0.4, 0.5) is 5.69 Å². The van der Waals surface area contributed by atoms with Crippen LogP contribution in [0, 0.1) is 0 Å². The Morgan fingerprint density at radius 3 is 3.00 bits per heavy atom. The van der Waals surface area contributed by atoms with Crippen molar-refractivity contribution in [3.05, 3.63) is 24.0 Å². The van der Waals surface area contributed by atoms with Crippen molar-refractivity contribution in [1.29, 1.82) is 0 Å². The molecule has 1 aliphatic rings. The first-order valence-electron chi connectivity index (χ1n) is 6.21. The molecule has 0 aromatic carbocycles. The number of thiocarbonyl (C=S) groups is 1. The van der Waals surface area contributed by atoms with Crippen molar-refractivity contribution < 1.29 is 5.11 Å². The Hall–Kier alpha value is -1.20. The van der Waals surface area contributed by atoms with E-state index in [2.05, 4.69) is 9.88 Å². The van der Waals surface area contributed by atoms with Crippen molar-refractivity contribution in [1.82, 2.24) is 4.98 Å². The van der Waals surface area contributed by atoms with Gasteiger partial charge in [0.25, 0.3) is 0 Å². The third-order valence-corrected chi connectivity index (χ3v) is 3.63. The minimum Gasteiger partial charge on any atom is -0.390 e. The SMILES string of the molecule is CC1(O)CCCN(c2ccnc(C(N)=S)c2)CC1. The van der Waals surface area contributed by atoms with Gasteiger partial charge in [0, 0.05) is 25.0 Å². The average Bonchev–Trinajstić information content (AvgIpc) is 2.50. The van der Waals surface area contributed by atoms with Gasteiger partial charge >= 0.3 is 0 Å². The van der Waals surface area contributed by atoms with Crippen molar-refractivity contribution in [2.24, 2.45) is 5.73 Å². The summed E-state index contributed by atoms with van der Waals surface area (Å²) in [6.45, 7) is 3.69. The Balaban J connectivity index is 2.16. The molecule has 1 saturated heterocycles. The molecule has 1 aliphatic heterocycles. The molecule has 1 aromatic rings. The van der Waals surface area contributed by atoms with Crippen molar-refractivity contribution >= 4 is 22.9 Å². The van der Waals surface area contributed by atoms with Gasteiger partial charge in [-0.25, -0.2) is 0 Å². The molecule has 0 bridgehead atoms. The van der Waals surface area contributed by atoms with E-state index in [0.29, 0.717) is 10.7 Å². The molecule has 0 radical (unpaired) electrons. The number of nitrogens with two attached hydrogens (primary N) is 1. The molecule has 1 aromatic heterocycles. The number of hydrogen-bond acceptors (Lipinski definition) is 4. The summed E-state index contributed by atoms with van der Waals surface area (Å²) in [7, 11) is 0. The first-order chi connectivity index (χ1) is 8.48. The highest BCUT2D eigenvalue weighted by atomic mass is 32.1. The van der Waals surface area contributed by atoms with Gasteiger partial charge in [0.05, 0.1) is 11.3 Å². The summed E-state index contributed by atoms with van der Waals surface area (Å²) in [5.41, 5.74) is 6.77. The third-order valence-electron chi connectivity index (χ3n) is 3.42. The maximum absolute atomic E-state index is 10.1. The lowest BCUT2D eigenvalue weighted by molar-refractivity contribution is 0.0481. The van der Waals surface area contributed by atoms with Crippen LogP contribution < -0.4 is 10.6 Å². The molecule has 0 aliphatic carbocycles. The van der Waals surface area contributed by atoms with Crippen LogP contribution in [0.25, 0.3) is 0 Å². The number of rotatable bonds is 2. The van der Waals surface area contributed by atoms with Gasteiger partial charge < -0.3 is 15.7 Å². The van der Waals surface area contributed by atoms with Gasteiger partial charge in [0.2, 0.25) is 0 Å². The number of hydrogen-bond donors (Lipinski definition) is 2. The van der Waals surface area contributed by atoms with Crippen molar-refractivity contribution in [2.45, 2.75) is 31.8 Å². The van der Waals surface area contributed by atoms with Crippen LogP contribution >= 0.6 is 12.2 Å². The number of pyridine rings is 1. The van der Waals surface area contributed by atoms with Gasteiger partial charge in [-0.05, 0) is 38.3 Å². The summed E-state index contributed by atoms with van der Waals surface area (Å²) in [5.74, 6) is 0. The molecule has 0 spiro atoms. The van der Waals surface area contributed by atoms with Crippen LogP contribution in [0.15, 0.2) is 18.3 Å². The molecule has 18 heavy (non-hydrogen) atoms. The lowest BCUT2D eigenvalue weighted by Crippen LogP contribution is -2.28. The van der Waals surface area contributed by atoms with Crippen LogP contribution in [0.2, 0.25) is 0 Å². The monoisotopic (exact) mass is 265 g/mol. The summed E-state index contributed by atoms with van der Waals surface area (Å²) < 4.78 is 0. The number of nitrogens with zero attached hydrogens (tertiary/aromatic N) is 2. The van der Waals surface area contributed by atoms with E-state index in [1.165, 1.54) is 0 Å². The van der Waals surface area contributed by atoms with Crippen LogP contribution in [-0.4, -0.2) is 33.8 Å². The fourth-order valence-corrected chi connectivity index (χ4v) is 2.38. The molecule has 1 unspecified atom stereocenters. The van der Waals surface area contributed by atoms with E-state index in [1.807, 2.05) is 19.1 Å². The second kappa shape index (κ2) is 5.20. The number of anilines is 1.